The topological polar surface area (TPSA) is 37.8 Å². The quantitative estimate of drug-likeness (QED) is 0.864. The maximum absolute atomic E-state index is 4.49. The summed E-state index contributed by atoms with van der Waals surface area (Å²) in [4.78, 5) is 8.92. The van der Waals surface area contributed by atoms with Gasteiger partial charge < -0.3 is 5.32 Å². The lowest BCUT2D eigenvalue weighted by Gasteiger charge is -2.22. The Bertz CT molecular complexity index is 412. The average Bonchev–Trinajstić information content (AvgIpc) is 3.22. The van der Waals surface area contributed by atoms with Crippen LogP contribution in [-0.2, 0) is 12.8 Å². The lowest BCUT2D eigenvalue weighted by Crippen LogP contribution is -2.22. The maximum Gasteiger partial charge on any atom is 0.133 e. The van der Waals surface area contributed by atoms with Gasteiger partial charge in [-0.1, -0.05) is 19.8 Å². The monoisotopic (exact) mass is 245 g/mol. The molecule has 0 spiro atoms. The SMILES string of the molecule is CCC(CC1CC1)Nc1ncnc2c1CCCC2. The number of hydrogen-bond donors (Lipinski definition) is 1. The van der Waals surface area contributed by atoms with Crippen LogP contribution in [0.25, 0.3) is 0 Å². The molecule has 1 unspecified atom stereocenters. The van der Waals surface area contributed by atoms with E-state index in [-0.39, 0.29) is 0 Å². The van der Waals surface area contributed by atoms with E-state index >= 15 is 0 Å². The first-order valence-corrected chi connectivity index (χ1v) is 7.46. The minimum Gasteiger partial charge on any atom is -0.367 e. The van der Waals surface area contributed by atoms with Crippen molar-refractivity contribution in [2.75, 3.05) is 5.32 Å². The molecule has 0 amide bonds. The van der Waals surface area contributed by atoms with E-state index < -0.39 is 0 Å². The van der Waals surface area contributed by atoms with Crippen LogP contribution in [-0.4, -0.2) is 16.0 Å². The van der Waals surface area contributed by atoms with Crippen molar-refractivity contribution in [2.45, 2.75) is 64.3 Å². The normalized spacial score (nSPS) is 20.3. The average molecular weight is 245 g/mol. The molecule has 0 radical (unpaired) electrons. The zero-order valence-electron chi connectivity index (χ0n) is 11.3. The molecular formula is C15H23N3. The number of nitrogens with zero attached hydrogens (tertiary/aromatic N) is 2. The van der Waals surface area contributed by atoms with E-state index in [0.29, 0.717) is 6.04 Å². The third-order valence-corrected chi connectivity index (χ3v) is 4.27. The summed E-state index contributed by atoms with van der Waals surface area (Å²) in [6.45, 7) is 2.27. The number of anilines is 1. The Balaban J connectivity index is 1.74. The van der Waals surface area contributed by atoms with Gasteiger partial charge in [0.2, 0.25) is 0 Å². The van der Waals surface area contributed by atoms with Gasteiger partial charge in [0.25, 0.3) is 0 Å². The number of aryl methyl sites for hydroxylation is 1. The van der Waals surface area contributed by atoms with Crippen LogP contribution in [0.5, 0.6) is 0 Å². The molecule has 0 aromatic carbocycles. The van der Waals surface area contributed by atoms with Crippen molar-refractivity contribution >= 4 is 5.82 Å². The van der Waals surface area contributed by atoms with E-state index in [1.54, 1.807) is 6.33 Å². The molecule has 1 fully saturated rings. The van der Waals surface area contributed by atoms with Crippen molar-refractivity contribution < 1.29 is 0 Å². The minimum atomic E-state index is 0.596. The van der Waals surface area contributed by atoms with Crippen LogP contribution in [0.1, 0.15) is 56.7 Å². The summed E-state index contributed by atoms with van der Waals surface area (Å²) in [5.41, 5.74) is 2.66. The molecule has 3 rings (SSSR count). The summed E-state index contributed by atoms with van der Waals surface area (Å²) in [6.07, 6.45) is 11.9. The predicted octanol–water partition coefficient (Wildman–Crippen LogP) is 3.35. The second-order valence-electron chi connectivity index (χ2n) is 5.78. The standard InChI is InChI=1S/C15H23N3/c1-2-12(9-11-7-8-11)18-15-13-5-3-4-6-14(13)16-10-17-15/h10-12H,2-9H2,1H3,(H,16,17,18). The Hall–Kier alpha value is -1.12. The van der Waals surface area contributed by atoms with Crippen LogP contribution in [0.15, 0.2) is 6.33 Å². The van der Waals surface area contributed by atoms with Crippen LogP contribution < -0.4 is 5.32 Å². The van der Waals surface area contributed by atoms with E-state index in [0.717, 1.165) is 24.6 Å². The molecular weight excluding hydrogens is 222 g/mol. The zero-order valence-corrected chi connectivity index (χ0v) is 11.3. The Morgan fingerprint density at radius 1 is 1.28 bits per heavy atom. The summed E-state index contributed by atoms with van der Waals surface area (Å²) in [5.74, 6) is 2.09. The molecule has 0 aliphatic heterocycles. The molecule has 3 heteroatoms. The van der Waals surface area contributed by atoms with Crippen LogP contribution in [0.3, 0.4) is 0 Å². The molecule has 1 N–H and O–H groups in total. The molecule has 1 atom stereocenters. The van der Waals surface area contributed by atoms with E-state index in [1.807, 2.05) is 0 Å². The van der Waals surface area contributed by atoms with Gasteiger partial charge in [-0.25, -0.2) is 9.97 Å². The summed E-state index contributed by atoms with van der Waals surface area (Å²) in [7, 11) is 0. The highest BCUT2D eigenvalue weighted by Crippen LogP contribution is 2.35. The molecule has 98 valence electrons. The summed E-state index contributed by atoms with van der Waals surface area (Å²) in [5, 5.41) is 3.68. The molecule has 1 heterocycles. The Labute approximate surface area is 109 Å². The summed E-state index contributed by atoms with van der Waals surface area (Å²) in [6, 6.07) is 0.596. The fourth-order valence-corrected chi connectivity index (χ4v) is 2.92. The fraction of sp³-hybridized carbons (Fsp3) is 0.733. The van der Waals surface area contributed by atoms with Crippen LogP contribution in [0.2, 0.25) is 0 Å². The highest BCUT2D eigenvalue weighted by molar-refractivity contribution is 5.47. The van der Waals surface area contributed by atoms with E-state index in [4.69, 9.17) is 0 Å². The molecule has 1 aromatic heterocycles. The summed E-state index contributed by atoms with van der Waals surface area (Å²) >= 11 is 0. The van der Waals surface area contributed by atoms with Gasteiger partial charge in [-0.3, -0.25) is 0 Å². The van der Waals surface area contributed by atoms with Crippen molar-refractivity contribution in [3.05, 3.63) is 17.6 Å². The first-order chi connectivity index (χ1) is 8.86. The van der Waals surface area contributed by atoms with Crippen LogP contribution >= 0.6 is 0 Å². The number of fused-ring (bicyclic) bond motifs is 1. The third-order valence-electron chi connectivity index (χ3n) is 4.27. The van der Waals surface area contributed by atoms with E-state index in [1.165, 1.54) is 49.8 Å². The van der Waals surface area contributed by atoms with Gasteiger partial charge in [-0.2, -0.15) is 0 Å². The van der Waals surface area contributed by atoms with Gasteiger partial charge in [0.05, 0.1) is 0 Å². The highest BCUT2D eigenvalue weighted by Gasteiger charge is 2.25. The second kappa shape index (κ2) is 5.25. The van der Waals surface area contributed by atoms with Crippen molar-refractivity contribution in [1.82, 2.24) is 9.97 Å². The fourth-order valence-electron chi connectivity index (χ4n) is 2.92. The number of aromatic nitrogens is 2. The van der Waals surface area contributed by atoms with Crippen LogP contribution in [0, 0.1) is 5.92 Å². The van der Waals surface area contributed by atoms with Gasteiger partial charge >= 0.3 is 0 Å². The second-order valence-corrected chi connectivity index (χ2v) is 5.78. The maximum atomic E-state index is 4.49. The molecule has 1 aromatic rings. The molecule has 0 bridgehead atoms. The molecule has 18 heavy (non-hydrogen) atoms. The van der Waals surface area contributed by atoms with Gasteiger partial charge in [0, 0.05) is 17.3 Å². The molecule has 2 aliphatic carbocycles. The van der Waals surface area contributed by atoms with Gasteiger partial charge in [0.15, 0.2) is 0 Å². The third kappa shape index (κ3) is 2.65. The van der Waals surface area contributed by atoms with Gasteiger partial charge in [-0.05, 0) is 44.4 Å². The highest BCUT2D eigenvalue weighted by atomic mass is 15.0. The van der Waals surface area contributed by atoms with Crippen molar-refractivity contribution in [2.24, 2.45) is 5.92 Å². The van der Waals surface area contributed by atoms with Crippen molar-refractivity contribution in [1.29, 1.82) is 0 Å². The largest absolute Gasteiger partial charge is 0.367 e. The van der Waals surface area contributed by atoms with Crippen molar-refractivity contribution in [3.8, 4) is 0 Å². The van der Waals surface area contributed by atoms with E-state index in [9.17, 15) is 0 Å². The molecule has 1 saturated carbocycles. The molecule has 0 saturated heterocycles. The lowest BCUT2D eigenvalue weighted by atomic mass is 9.96. The predicted molar refractivity (Wildman–Crippen MR) is 73.7 cm³/mol. The number of hydrogen-bond acceptors (Lipinski definition) is 3. The zero-order chi connectivity index (χ0) is 12.4. The minimum absolute atomic E-state index is 0.596. The first kappa shape index (κ1) is 11.9. The molecule has 2 aliphatic rings. The summed E-state index contributed by atoms with van der Waals surface area (Å²) < 4.78 is 0. The molecule has 3 nitrogen and oxygen atoms in total. The Morgan fingerprint density at radius 2 is 2.11 bits per heavy atom. The lowest BCUT2D eigenvalue weighted by molar-refractivity contribution is 0.581. The number of nitrogens with one attached hydrogen (secondary N) is 1. The van der Waals surface area contributed by atoms with E-state index in [2.05, 4.69) is 22.2 Å². The number of rotatable bonds is 5. The first-order valence-electron chi connectivity index (χ1n) is 7.46. The van der Waals surface area contributed by atoms with Gasteiger partial charge in [-0.15, -0.1) is 0 Å². The Morgan fingerprint density at radius 3 is 2.89 bits per heavy atom. The van der Waals surface area contributed by atoms with Crippen LogP contribution in [0.4, 0.5) is 5.82 Å². The van der Waals surface area contributed by atoms with Gasteiger partial charge in [0.1, 0.15) is 12.1 Å². The van der Waals surface area contributed by atoms with Crippen molar-refractivity contribution in [3.63, 3.8) is 0 Å². The Kier molecular flexibility index (Phi) is 3.48. The smallest absolute Gasteiger partial charge is 0.133 e.